The van der Waals surface area contributed by atoms with E-state index in [1.165, 1.54) is 11.2 Å². The highest BCUT2D eigenvalue weighted by Gasteiger charge is 2.17. The second kappa shape index (κ2) is 2.90. The van der Waals surface area contributed by atoms with Crippen molar-refractivity contribution in [1.82, 2.24) is 0 Å². The van der Waals surface area contributed by atoms with Crippen LogP contribution in [0.3, 0.4) is 0 Å². The molecule has 0 radical (unpaired) electrons. The molecule has 2 N–H and O–H groups in total. The smallest absolute Gasteiger partial charge is 0.253 e. The third kappa shape index (κ3) is 1.38. The van der Waals surface area contributed by atoms with Gasteiger partial charge >= 0.3 is 0 Å². The number of benzene rings is 1. The molecule has 4 heteroatoms. The fourth-order valence-electron chi connectivity index (χ4n) is 1.19. The van der Waals surface area contributed by atoms with E-state index in [-0.39, 0.29) is 12.5 Å². The van der Waals surface area contributed by atoms with Gasteiger partial charge in [0, 0.05) is 11.4 Å². The fraction of sp³-hybridized carbons (Fsp3) is 0.111. The van der Waals surface area contributed by atoms with Crippen LogP contribution in [0.4, 0.5) is 11.4 Å². The number of rotatable bonds is 1. The molecule has 0 atom stereocenters. The van der Waals surface area contributed by atoms with E-state index in [2.05, 4.69) is 4.99 Å². The van der Waals surface area contributed by atoms with E-state index in [0.717, 1.165) is 5.69 Å². The molecule has 0 aliphatic carbocycles. The van der Waals surface area contributed by atoms with Gasteiger partial charge in [0.05, 0.1) is 6.34 Å². The first kappa shape index (κ1) is 7.79. The van der Waals surface area contributed by atoms with Gasteiger partial charge in [-0.25, -0.2) is 0 Å². The lowest BCUT2D eigenvalue weighted by Crippen LogP contribution is -2.25. The number of nitrogens with two attached hydrogens (primary N) is 1. The van der Waals surface area contributed by atoms with Crippen LogP contribution in [0.25, 0.3) is 0 Å². The summed E-state index contributed by atoms with van der Waals surface area (Å²) in [4.78, 5) is 16.6. The van der Waals surface area contributed by atoms with Gasteiger partial charge in [0.25, 0.3) is 5.91 Å². The molecule has 0 fully saturated rings. The van der Waals surface area contributed by atoms with Crippen molar-refractivity contribution in [2.75, 3.05) is 17.2 Å². The summed E-state index contributed by atoms with van der Waals surface area (Å²) in [7, 11) is 0. The Bertz CT molecular complexity index is 356. The summed E-state index contributed by atoms with van der Waals surface area (Å²) in [6, 6.07) is 7.11. The predicted molar refractivity (Wildman–Crippen MR) is 51.7 cm³/mol. The minimum absolute atomic E-state index is 0.00947. The molecular weight excluding hydrogens is 166 g/mol. The van der Waals surface area contributed by atoms with Crippen molar-refractivity contribution in [3.8, 4) is 0 Å². The van der Waals surface area contributed by atoms with Crippen molar-refractivity contribution in [3.05, 3.63) is 24.3 Å². The molecule has 13 heavy (non-hydrogen) atoms. The lowest BCUT2D eigenvalue weighted by Gasteiger charge is -2.11. The van der Waals surface area contributed by atoms with Gasteiger partial charge in [-0.05, 0) is 24.3 Å². The maximum atomic E-state index is 11.2. The summed E-state index contributed by atoms with van der Waals surface area (Å²) in [6.45, 7) is 0.240. The van der Waals surface area contributed by atoms with E-state index < -0.39 is 0 Å². The van der Waals surface area contributed by atoms with Crippen LogP contribution in [0.1, 0.15) is 0 Å². The quantitative estimate of drug-likeness (QED) is 0.637. The number of nitrogen functional groups attached to an aromatic ring is 1. The minimum atomic E-state index is -0.00947. The summed E-state index contributed by atoms with van der Waals surface area (Å²) >= 11 is 0. The Labute approximate surface area is 75.7 Å². The molecule has 66 valence electrons. The van der Waals surface area contributed by atoms with E-state index in [1.807, 2.05) is 0 Å². The lowest BCUT2D eigenvalue weighted by atomic mass is 10.2. The number of carbonyl (C=O) groups is 1. The van der Waals surface area contributed by atoms with E-state index in [0.29, 0.717) is 5.69 Å². The molecule has 4 nitrogen and oxygen atoms in total. The fourth-order valence-corrected chi connectivity index (χ4v) is 1.19. The number of hydrogen-bond donors (Lipinski definition) is 1. The molecule has 1 amide bonds. The van der Waals surface area contributed by atoms with E-state index in [1.54, 1.807) is 24.3 Å². The first-order chi connectivity index (χ1) is 6.27. The number of carbonyl (C=O) groups excluding carboxylic acids is 1. The molecule has 1 aliphatic heterocycles. The summed E-state index contributed by atoms with van der Waals surface area (Å²) in [5.74, 6) is -0.00947. The van der Waals surface area contributed by atoms with Gasteiger partial charge in [0.1, 0.15) is 6.54 Å². The maximum Gasteiger partial charge on any atom is 0.253 e. The van der Waals surface area contributed by atoms with Crippen LogP contribution in [0, 0.1) is 0 Å². The summed E-state index contributed by atoms with van der Waals surface area (Å²) in [6.07, 6.45) is 1.54. The van der Waals surface area contributed by atoms with Crippen LogP contribution in [-0.4, -0.2) is 18.8 Å². The molecule has 0 unspecified atom stereocenters. The van der Waals surface area contributed by atoms with E-state index in [9.17, 15) is 4.79 Å². The first-order valence-corrected chi connectivity index (χ1v) is 3.95. The molecule has 1 heterocycles. The topological polar surface area (TPSA) is 58.7 Å². The van der Waals surface area contributed by atoms with Crippen LogP contribution >= 0.6 is 0 Å². The van der Waals surface area contributed by atoms with Crippen LogP contribution in [0.5, 0.6) is 0 Å². The van der Waals surface area contributed by atoms with Gasteiger partial charge < -0.3 is 5.73 Å². The Morgan fingerprint density at radius 2 is 2.00 bits per heavy atom. The Kier molecular flexibility index (Phi) is 1.73. The second-order valence-electron chi connectivity index (χ2n) is 2.81. The Hall–Kier alpha value is -1.84. The normalized spacial score (nSPS) is 15.4. The number of nitrogens with zero attached hydrogens (tertiary/aromatic N) is 2. The summed E-state index contributed by atoms with van der Waals surface area (Å²) in [5.41, 5.74) is 7.02. The highest BCUT2D eigenvalue weighted by Crippen LogP contribution is 2.16. The summed E-state index contributed by atoms with van der Waals surface area (Å²) < 4.78 is 0. The predicted octanol–water partition coefficient (Wildman–Crippen LogP) is 0.644. The molecular formula is C9H9N3O. The number of hydrogen-bond acceptors (Lipinski definition) is 3. The van der Waals surface area contributed by atoms with Gasteiger partial charge in [0.15, 0.2) is 0 Å². The van der Waals surface area contributed by atoms with Crippen molar-refractivity contribution in [2.24, 2.45) is 4.99 Å². The van der Waals surface area contributed by atoms with Crippen LogP contribution in [0.2, 0.25) is 0 Å². The Balaban J connectivity index is 2.30. The van der Waals surface area contributed by atoms with Gasteiger partial charge in [0.2, 0.25) is 0 Å². The molecule has 0 bridgehead atoms. The molecule has 1 aromatic rings. The second-order valence-corrected chi connectivity index (χ2v) is 2.81. The lowest BCUT2D eigenvalue weighted by molar-refractivity contribution is -0.115. The molecule has 0 saturated heterocycles. The molecule has 1 aliphatic rings. The SMILES string of the molecule is Nc1ccc(N2C=NCC2=O)cc1. The van der Waals surface area contributed by atoms with Crippen molar-refractivity contribution < 1.29 is 4.79 Å². The van der Waals surface area contributed by atoms with Crippen LogP contribution < -0.4 is 10.6 Å². The number of aliphatic imine (C=N–C) groups is 1. The highest BCUT2D eigenvalue weighted by molar-refractivity contribution is 6.12. The van der Waals surface area contributed by atoms with E-state index >= 15 is 0 Å². The molecule has 1 aromatic carbocycles. The maximum absolute atomic E-state index is 11.2. The average Bonchev–Trinajstić information content (AvgIpc) is 2.53. The van der Waals surface area contributed by atoms with Gasteiger partial charge in [-0.15, -0.1) is 0 Å². The summed E-state index contributed by atoms with van der Waals surface area (Å²) in [5, 5.41) is 0. The average molecular weight is 175 g/mol. The third-order valence-corrected chi connectivity index (χ3v) is 1.86. The number of anilines is 2. The molecule has 0 aromatic heterocycles. The minimum Gasteiger partial charge on any atom is -0.399 e. The number of amides is 1. The van der Waals surface area contributed by atoms with Crippen molar-refractivity contribution >= 4 is 23.6 Å². The Morgan fingerprint density at radius 3 is 2.54 bits per heavy atom. The monoisotopic (exact) mass is 175 g/mol. The molecule has 0 spiro atoms. The van der Waals surface area contributed by atoms with Crippen LogP contribution in [0.15, 0.2) is 29.3 Å². The van der Waals surface area contributed by atoms with Gasteiger partial charge in [-0.2, -0.15) is 0 Å². The van der Waals surface area contributed by atoms with E-state index in [4.69, 9.17) is 5.73 Å². The highest BCUT2D eigenvalue weighted by atomic mass is 16.2. The van der Waals surface area contributed by atoms with Crippen molar-refractivity contribution in [3.63, 3.8) is 0 Å². The zero-order chi connectivity index (χ0) is 9.26. The van der Waals surface area contributed by atoms with Gasteiger partial charge in [-0.1, -0.05) is 0 Å². The van der Waals surface area contributed by atoms with Gasteiger partial charge in [-0.3, -0.25) is 14.7 Å². The van der Waals surface area contributed by atoms with Crippen LogP contribution in [-0.2, 0) is 4.79 Å². The third-order valence-electron chi connectivity index (χ3n) is 1.86. The zero-order valence-corrected chi connectivity index (χ0v) is 6.97. The largest absolute Gasteiger partial charge is 0.399 e. The standard InChI is InChI=1S/C9H9N3O/c10-7-1-3-8(4-2-7)12-6-11-5-9(12)13/h1-4,6H,5,10H2. The Morgan fingerprint density at radius 1 is 1.31 bits per heavy atom. The van der Waals surface area contributed by atoms with Crippen molar-refractivity contribution in [2.45, 2.75) is 0 Å². The molecule has 0 saturated carbocycles. The van der Waals surface area contributed by atoms with Crippen molar-refractivity contribution in [1.29, 1.82) is 0 Å². The zero-order valence-electron chi connectivity index (χ0n) is 6.97. The first-order valence-electron chi connectivity index (χ1n) is 3.95. The molecule has 2 rings (SSSR count).